The summed E-state index contributed by atoms with van der Waals surface area (Å²) >= 11 is 0. The Morgan fingerprint density at radius 3 is 2.57 bits per heavy atom. The molecule has 10 heteroatoms. The van der Waals surface area contributed by atoms with Crippen LogP contribution in [0.15, 0.2) is 48.5 Å². The minimum Gasteiger partial charge on any atom is -0.497 e. The summed E-state index contributed by atoms with van der Waals surface area (Å²) in [6.07, 6.45) is 0. The molecule has 2 aliphatic heterocycles. The molecule has 0 radical (unpaired) electrons. The first-order valence-corrected chi connectivity index (χ1v) is 11.6. The zero-order valence-corrected chi connectivity index (χ0v) is 19.5. The van der Waals surface area contributed by atoms with Crippen LogP contribution >= 0.6 is 0 Å². The first-order chi connectivity index (χ1) is 17.1. The van der Waals surface area contributed by atoms with E-state index in [1.165, 1.54) is 12.1 Å². The number of hydrogen-bond acceptors (Lipinski definition) is 8. The summed E-state index contributed by atoms with van der Waals surface area (Å²) in [6, 6.07) is 13.9. The molecule has 2 aliphatic rings. The number of methoxy groups -OCH3 is 1. The van der Waals surface area contributed by atoms with Gasteiger partial charge in [0.1, 0.15) is 22.9 Å². The largest absolute Gasteiger partial charge is 0.497 e. The standard InChI is InChI=1S/C25H28FN7O2/c1-35-19-8-4-16(5-9-19)20-14-28-24-23(29-20)22(17-2-6-18(26)7-3-17)31-25(32-24)30-21(34)15-33-12-10-27-11-13-33/h2-9,20,27,29H,10-15H2,1H3,(H2,28,30,31,32,34). The van der Waals surface area contributed by atoms with Crippen LogP contribution < -0.4 is 26.0 Å². The molecule has 3 heterocycles. The highest BCUT2D eigenvalue weighted by Gasteiger charge is 2.26. The summed E-state index contributed by atoms with van der Waals surface area (Å²) < 4.78 is 18.9. The van der Waals surface area contributed by atoms with Gasteiger partial charge in [0.2, 0.25) is 11.9 Å². The number of anilines is 3. The Hall–Kier alpha value is -3.76. The minimum absolute atomic E-state index is 0.0376. The van der Waals surface area contributed by atoms with E-state index in [9.17, 15) is 9.18 Å². The van der Waals surface area contributed by atoms with Gasteiger partial charge < -0.3 is 20.7 Å². The van der Waals surface area contributed by atoms with Crippen LogP contribution in [-0.2, 0) is 4.79 Å². The van der Waals surface area contributed by atoms with Crippen molar-refractivity contribution < 1.29 is 13.9 Å². The predicted molar refractivity (Wildman–Crippen MR) is 133 cm³/mol. The Morgan fingerprint density at radius 1 is 1.11 bits per heavy atom. The molecule has 1 atom stereocenters. The fraction of sp³-hybridized carbons (Fsp3) is 0.320. The molecule has 1 unspecified atom stereocenters. The van der Waals surface area contributed by atoms with Gasteiger partial charge in [0.05, 0.1) is 19.7 Å². The van der Waals surface area contributed by atoms with Gasteiger partial charge >= 0.3 is 0 Å². The Balaban J connectivity index is 1.43. The number of rotatable bonds is 6. The van der Waals surface area contributed by atoms with Gasteiger partial charge in [-0.2, -0.15) is 4.98 Å². The summed E-state index contributed by atoms with van der Waals surface area (Å²) in [7, 11) is 1.64. The number of carbonyl (C=O) groups is 1. The van der Waals surface area contributed by atoms with Crippen LogP contribution in [-0.4, -0.2) is 67.2 Å². The number of piperazine rings is 1. The number of benzene rings is 2. The lowest BCUT2D eigenvalue weighted by molar-refractivity contribution is -0.117. The molecule has 0 saturated carbocycles. The zero-order valence-electron chi connectivity index (χ0n) is 19.5. The predicted octanol–water partition coefficient (Wildman–Crippen LogP) is 2.71. The van der Waals surface area contributed by atoms with Gasteiger partial charge in [-0.3, -0.25) is 15.0 Å². The second-order valence-corrected chi connectivity index (χ2v) is 8.55. The van der Waals surface area contributed by atoms with Crippen LogP contribution in [0.3, 0.4) is 0 Å². The Kier molecular flexibility index (Phi) is 6.73. The molecule has 1 aromatic heterocycles. The van der Waals surface area contributed by atoms with E-state index in [2.05, 4.69) is 36.1 Å². The van der Waals surface area contributed by atoms with Crippen molar-refractivity contribution in [2.24, 2.45) is 0 Å². The molecular formula is C25H28FN7O2. The molecule has 4 N–H and O–H groups in total. The molecule has 0 spiro atoms. The minimum atomic E-state index is -0.330. The van der Waals surface area contributed by atoms with Gasteiger partial charge in [0, 0.05) is 38.3 Å². The van der Waals surface area contributed by atoms with Crippen LogP contribution in [0.5, 0.6) is 5.75 Å². The lowest BCUT2D eigenvalue weighted by Crippen LogP contribution is -2.46. The van der Waals surface area contributed by atoms with E-state index in [1.54, 1.807) is 19.2 Å². The van der Waals surface area contributed by atoms with E-state index in [1.807, 2.05) is 24.3 Å². The molecule has 0 bridgehead atoms. The molecule has 1 amide bonds. The lowest BCUT2D eigenvalue weighted by atomic mass is 10.0. The van der Waals surface area contributed by atoms with Crippen LogP contribution in [0.1, 0.15) is 11.6 Å². The smallest absolute Gasteiger partial charge is 0.240 e. The number of aromatic nitrogens is 2. The zero-order chi connectivity index (χ0) is 24.2. The molecule has 5 rings (SSSR count). The third-order valence-electron chi connectivity index (χ3n) is 6.17. The van der Waals surface area contributed by atoms with Crippen LogP contribution in [0.2, 0.25) is 0 Å². The molecule has 1 fully saturated rings. The molecular weight excluding hydrogens is 449 g/mol. The Bertz CT molecular complexity index is 1180. The summed E-state index contributed by atoms with van der Waals surface area (Å²) in [5, 5.41) is 13.0. The fourth-order valence-corrected chi connectivity index (χ4v) is 4.30. The molecule has 182 valence electrons. The third-order valence-corrected chi connectivity index (χ3v) is 6.17. The van der Waals surface area contributed by atoms with Crippen molar-refractivity contribution in [2.75, 3.05) is 62.3 Å². The van der Waals surface area contributed by atoms with E-state index in [4.69, 9.17) is 4.74 Å². The Labute approximate surface area is 203 Å². The average molecular weight is 478 g/mol. The number of hydrogen-bond donors (Lipinski definition) is 4. The lowest BCUT2D eigenvalue weighted by Gasteiger charge is -2.30. The summed E-state index contributed by atoms with van der Waals surface area (Å²) in [5.41, 5.74) is 3.07. The van der Waals surface area contributed by atoms with Crippen molar-refractivity contribution in [1.29, 1.82) is 0 Å². The van der Waals surface area contributed by atoms with Crippen molar-refractivity contribution in [3.8, 4) is 17.0 Å². The van der Waals surface area contributed by atoms with Crippen molar-refractivity contribution in [2.45, 2.75) is 6.04 Å². The van der Waals surface area contributed by atoms with E-state index in [0.717, 1.165) is 37.5 Å². The Morgan fingerprint density at radius 2 is 1.86 bits per heavy atom. The van der Waals surface area contributed by atoms with E-state index >= 15 is 0 Å². The van der Waals surface area contributed by atoms with Crippen molar-refractivity contribution in [3.05, 3.63) is 59.9 Å². The number of halogens is 1. The summed E-state index contributed by atoms with van der Waals surface area (Å²) in [6.45, 7) is 4.23. The van der Waals surface area contributed by atoms with Gasteiger partial charge in [-0.25, -0.2) is 9.37 Å². The quantitative estimate of drug-likeness (QED) is 0.430. The van der Waals surface area contributed by atoms with Gasteiger partial charge in [-0.05, 0) is 42.0 Å². The second kappa shape index (κ2) is 10.2. The molecule has 35 heavy (non-hydrogen) atoms. The highest BCUT2D eigenvalue weighted by Crippen LogP contribution is 2.38. The first kappa shape index (κ1) is 23.0. The van der Waals surface area contributed by atoms with Crippen LogP contribution in [0.4, 0.5) is 21.8 Å². The number of nitrogens with one attached hydrogen (secondary N) is 4. The highest BCUT2D eigenvalue weighted by molar-refractivity contribution is 5.92. The second-order valence-electron chi connectivity index (χ2n) is 8.55. The molecule has 0 aliphatic carbocycles. The van der Waals surface area contributed by atoms with Gasteiger partial charge in [-0.15, -0.1) is 0 Å². The number of ether oxygens (including phenoxy) is 1. The third kappa shape index (κ3) is 5.33. The van der Waals surface area contributed by atoms with E-state index < -0.39 is 0 Å². The number of amides is 1. The van der Waals surface area contributed by atoms with E-state index in [-0.39, 0.29) is 30.3 Å². The van der Waals surface area contributed by atoms with Gasteiger partial charge in [0.25, 0.3) is 0 Å². The normalized spacial score (nSPS) is 17.6. The summed E-state index contributed by atoms with van der Waals surface area (Å²) in [4.78, 5) is 24.0. The van der Waals surface area contributed by atoms with Crippen molar-refractivity contribution >= 4 is 23.4 Å². The molecule has 3 aromatic rings. The van der Waals surface area contributed by atoms with Gasteiger partial charge in [-0.1, -0.05) is 12.1 Å². The molecule has 9 nitrogen and oxygen atoms in total. The first-order valence-electron chi connectivity index (χ1n) is 11.6. The average Bonchev–Trinajstić information content (AvgIpc) is 2.89. The number of fused-ring (bicyclic) bond motifs is 1. The fourth-order valence-electron chi connectivity index (χ4n) is 4.30. The van der Waals surface area contributed by atoms with Gasteiger partial charge in [0.15, 0.2) is 5.82 Å². The van der Waals surface area contributed by atoms with Crippen LogP contribution in [0.25, 0.3) is 11.3 Å². The van der Waals surface area contributed by atoms with E-state index in [0.29, 0.717) is 29.3 Å². The number of nitrogens with zero attached hydrogens (tertiary/aromatic N) is 3. The van der Waals surface area contributed by atoms with Crippen molar-refractivity contribution in [3.63, 3.8) is 0 Å². The van der Waals surface area contributed by atoms with Crippen molar-refractivity contribution in [1.82, 2.24) is 20.2 Å². The highest BCUT2D eigenvalue weighted by atomic mass is 19.1. The maximum Gasteiger partial charge on any atom is 0.240 e. The maximum atomic E-state index is 13.6. The maximum absolute atomic E-state index is 13.6. The molecule has 2 aromatic carbocycles. The SMILES string of the molecule is COc1ccc(C2CNc3nc(NC(=O)CN4CCNCC4)nc(-c4ccc(F)cc4)c3N2)cc1. The number of carbonyl (C=O) groups excluding carboxylic acids is 1. The monoisotopic (exact) mass is 477 g/mol. The van der Waals surface area contributed by atoms with Crippen LogP contribution in [0, 0.1) is 5.82 Å². The summed E-state index contributed by atoms with van der Waals surface area (Å²) in [5.74, 6) is 1.08. The topological polar surface area (TPSA) is 103 Å². The molecule has 1 saturated heterocycles.